The fraction of sp³-hybridized carbons (Fsp3) is 0.312. The van der Waals surface area contributed by atoms with Crippen LogP contribution in [0.5, 0.6) is 0 Å². The molecule has 0 bridgehead atoms. The summed E-state index contributed by atoms with van der Waals surface area (Å²) in [4.78, 5) is 21.9. The number of carbonyl (C=O) groups excluding carboxylic acids is 2. The van der Waals surface area contributed by atoms with Crippen LogP contribution in [0.1, 0.15) is 25.0 Å². The van der Waals surface area contributed by atoms with Crippen molar-refractivity contribution in [3.8, 4) is 0 Å². The van der Waals surface area contributed by atoms with Crippen molar-refractivity contribution in [3.63, 3.8) is 0 Å². The second-order valence-corrected chi connectivity index (χ2v) is 4.89. The third kappa shape index (κ3) is 6.26. The minimum Gasteiger partial charge on any atom is -0.480 e. The van der Waals surface area contributed by atoms with Gasteiger partial charge in [-0.15, -0.1) is 0 Å². The van der Waals surface area contributed by atoms with E-state index in [-0.39, 0.29) is 58.5 Å². The molecule has 0 aliphatic heterocycles. The zero-order valence-electron chi connectivity index (χ0n) is 13.7. The number of hydrogen-bond donors (Lipinski definition) is 1. The number of ether oxygens (including phenoxy) is 2. The predicted octanol–water partition coefficient (Wildman–Crippen LogP) is 1.72. The molecule has 1 aromatic rings. The average molecular weight is 460 g/mol. The quantitative estimate of drug-likeness (QED) is 0.321. The summed E-state index contributed by atoms with van der Waals surface area (Å²) >= 11 is 0. The first kappa shape index (κ1) is 25.5. The van der Waals surface area contributed by atoms with Gasteiger partial charge in [-0.1, -0.05) is 29.8 Å². The maximum absolute atomic E-state index is 11.0. The van der Waals surface area contributed by atoms with Crippen LogP contribution in [0.2, 0.25) is 0 Å². The van der Waals surface area contributed by atoms with Crippen molar-refractivity contribution in [2.24, 2.45) is 0 Å². The third-order valence-corrected chi connectivity index (χ3v) is 3.23. The van der Waals surface area contributed by atoms with Gasteiger partial charge in [0.25, 0.3) is 0 Å². The van der Waals surface area contributed by atoms with Crippen LogP contribution in [-0.4, -0.2) is 30.3 Å². The molecule has 2 rings (SSSR count). The molecule has 3 atom stereocenters. The van der Waals surface area contributed by atoms with E-state index < -0.39 is 11.6 Å². The maximum atomic E-state index is 11.0. The number of rotatable bonds is 4. The first-order valence-corrected chi connectivity index (χ1v) is 6.56. The van der Waals surface area contributed by atoms with Crippen molar-refractivity contribution < 1.29 is 43.6 Å². The van der Waals surface area contributed by atoms with Gasteiger partial charge >= 0.3 is 11.9 Å². The van der Waals surface area contributed by atoms with Gasteiger partial charge in [-0.25, -0.2) is 6.08 Å². The molecule has 5 nitrogen and oxygen atoms in total. The molecule has 0 spiro atoms. The van der Waals surface area contributed by atoms with Crippen LogP contribution in [0, 0.1) is 6.42 Å². The van der Waals surface area contributed by atoms with E-state index in [4.69, 9.17) is 9.47 Å². The molecule has 1 aliphatic rings. The second kappa shape index (κ2) is 11.0. The average Bonchev–Trinajstić information content (AvgIpc) is 2.45. The second-order valence-electron chi connectivity index (χ2n) is 4.89. The number of aliphatic hydroxyl groups is 1. The summed E-state index contributed by atoms with van der Waals surface area (Å²) < 4.78 is 9.95. The van der Waals surface area contributed by atoms with Crippen LogP contribution < -0.4 is 0 Å². The summed E-state index contributed by atoms with van der Waals surface area (Å²) in [7, 11) is 0. The van der Waals surface area contributed by atoms with E-state index in [9.17, 15) is 14.7 Å². The summed E-state index contributed by atoms with van der Waals surface area (Å²) in [5.41, 5.74) is 0.808. The summed E-state index contributed by atoms with van der Waals surface area (Å²) in [5, 5.41) is 10.7. The number of carbonyl (C=O) groups is 2. The topological polar surface area (TPSA) is 72.8 Å². The molecule has 0 heterocycles. The van der Waals surface area contributed by atoms with Gasteiger partial charge in [-0.3, -0.25) is 9.59 Å². The molecule has 0 amide bonds. The fourth-order valence-corrected chi connectivity index (χ4v) is 2.20. The molecule has 1 N–H and O–H groups in total. The Morgan fingerprint density at radius 2 is 1.71 bits per heavy atom. The molecule has 24 heavy (non-hydrogen) atoms. The van der Waals surface area contributed by atoms with Gasteiger partial charge in [0.05, 0.1) is 12.2 Å². The van der Waals surface area contributed by atoms with E-state index in [1.807, 2.05) is 12.1 Å². The number of hydrogen-bond acceptors (Lipinski definition) is 5. The van der Waals surface area contributed by atoms with Crippen molar-refractivity contribution in [2.45, 2.75) is 19.4 Å². The molecule has 1 aromatic carbocycles. The fourth-order valence-electron chi connectivity index (χ4n) is 2.20. The van der Waals surface area contributed by atoms with Gasteiger partial charge in [0.1, 0.15) is 6.61 Å². The van der Waals surface area contributed by atoms with E-state index in [1.165, 1.54) is 13.8 Å². The van der Waals surface area contributed by atoms with Crippen molar-refractivity contribution in [2.75, 3.05) is 13.2 Å². The van der Waals surface area contributed by atoms with Gasteiger partial charge < -0.3 is 14.6 Å². The molecular formula is C16H23O5P2Rh-. The number of esters is 2. The van der Waals surface area contributed by atoms with Crippen LogP contribution in [0.4, 0.5) is 0 Å². The maximum Gasteiger partial charge on any atom is 0.302 e. The minimum absolute atomic E-state index is 0. The molecule has 0 fully saturated rings. The van der Waals surface area contributed by atoms with Crippen molar-refractivity contribution in [1.82, 2.24) is 0 Å². The van der Waals surface area contributed by atoms with Gasteiger partial charge in [0.15, 0.2) is 0 Å². The standard InChI is InChI=1S/C16H17O5.2H3P.Rh/c1-11(17)20-9-13-7-8-16(19,10-21-12(2)18)15-6-4-3-5-14(13)15;;;/h3-8,19H,9-10H2,1-2H3;2*1H3;/q-1;;;. The van der Waals surface area contributed by atoms with Crippen LogP contribution in [-0.2, 0) is 44.1 Å². The minimum atomic E-state index is -1.37. The Labute approximate surface area is 161 Å². The van der Waals surface area contributed by atoms with E-state index in [2.05, 4.69) is 0 Å². The molecule has 1 aliphatic carbocycles. The molecule has 0 aromatic heterocycles. The monoisotopic (exact) mass is 460 g/mol. The summed E-state index contributed by atoms with van der Waals surface area (Å²) in [5.74, 6) is -0.821. The summed E-state index contributed by atoms with van der Waals surface area (Å²) in [6, 6.07) is 7.21. The van der Waals surface area contributed by atoms with Gasteiger partial charge in [-0.2, -0.15) is 31.8 Å². The summed E-state index contributed by atoms with van der Waals surface area (Å²) in [6.45, 7) is 2.61. The molecule has 1 radical (unpaired) electrons. The Balaban J connectivity index is 0. The van der Waals surface area contributed by atoms with Crippen molar-refractivity contribution in [3.05, 3.63) is 47.9 Å². The molecule has 8 heteroatoms. The van der Waals surface area contributed by atoms with E-state index in [0.29, 0.717) is 5.56 Å². The van der Waals surface area contributed by atoms with Gasteiger partial charge in [0.2, 0.25) is 0 Å². The van der Waals surface area contributed by atoms with Gasteiger partial charge in [0, 0.05) is 33.3 Å². The first-order chi connectivity index (χ1) is 9.92. The molecule has 137 valence electrons. The van der Waals surface area contributed by atoms with Crippen molar-refractivity contribution >= 4 is 37.3 Å². The first-order valence-electron chi connectivity index (χ1n) is 6.56. The van der Waals surface area contributed by atoms with Crippen LogP contribution >= 0.6 is 19.8 Å². The van der Waals surface area contributed by atoms with Crippen LogP contribution in [0.25, 0.3) is 5.57 Å². The van der Waals surface area contributed by atoms with Crippen LogP contribution in [0.3, 0.4) is 0 Å². The van der Waals surface area contributed by atoms with E-state index in [0.717, 1.165) is 11.1 Å². The van der Waals surface area contributed by atoms with Crippen LogP contribution in [0.15, 0.2) is 30.3 Å². The normalized spacial score (nSPS) is 17.4. The van der Waals surface area contributed by atoms with E-state index in [1.54, 1.807) is 24.6 Å². The Morgan fingerprint density at radius 1 is 1.12 bits per heavy atom. The zero-order chi connectivity index (χ0) is 15.5. The number of fused-ring (bicyclic) bond motifs is 1. The zero-order valence-corrected chi connectivity index (χ0v) is 18.2. The molecule has 0 saturated heterocycles. The van der Waals surface area contributed by atoms with Crippen molar-refractivity contribution in [1.29, 1.82) is 0 Å². The smallest absolute Gasteiger partial charge is 0.302 e. The Kier molecular flexibility index (Phi) is 11.6. The summed E-state index contributed by atoms with van der Waals surface area (Å²) in [6.07, 6.45) is 3.24. The van der Waals surface area contributed by atoms with E-state index >= 15 is 0 Å². The Bertz CT molecular complexity index is 606. The SMILES string of the molecule is CC(=O)OCC1=C[CH-]C(O)(COC(C)=O)c2ccccc21.P.P.[Rh]. The Hall–Kier alpha value is -0.787. The number of benzene rings is 1. The third-order valence-electron chi connectivity index (χ3n) is 3.23. The predicted molar refractivity (Wildman–Crippen MR) is 98.1 cm³/mol. The molecule has 3 unspecified atom stereocenters. The molecular weight excluding hydrogens is 437 g/mol. The largest absolute Gasteiger partial charge is 0.480 e. The molecule has 0 saturated carbocycles. The van der Waals surface area contributed by atoms with Gasteiger partial charge in [-0.05, 0) is 5.56 Å². The Morgan fingerprint density at radius 3 is 2.29 bits per heavy atom.